The zero-order valence-electron chi connectivity index (χ0n) is 12.3. The predicted octanol–water partition coefficient (Wildman–Crippen LogP) is 4.82. The molecule has 0 radical (unpaired) electrons. The van der Waals surface area contributed by atoms with E-state index in [1.54, 1.807) is 0 Å². The molecule has 1 saturated heterocycles. The third kappa shape index (κ3) is 9.04. The maximum Gasteiger partial charge on any atom is 0.0833 e. The predicted molar refractivity (Wildman–Crippen MR) is 84.9 cm³/mol. The van der Waals surface area contributed by atoms with Gasteiger partial charge in [-0.15, -0.1) is 0 Å². The van der Waals surface area contributed by atoms with Crippen LogP contribution in [-0.2, 0) is 4.74 Å². The van der Waals surface area contributed by atoms with Gasteiger partial charge in [-0.1, -0.05) is 60.9 Å². The third-order valence-electron chi connectivity index (χ3n) is 4.03. The Bertz CT molecular complexity index is 193. The Balaban J connectivity index is 1.84. The Morgan fingerprint density at radius 1 is 0.947 bits per heavy atom. The maximum atomic E-state index is 10.0. The summed E-state index contributed by atoms with van der Waals surface area (Å²) in [6.45, 7) is 0.843. The van der Waals surface area contributed by atoms with Crippen molar-refractivity contribution in [1.82, 2.24) is 0 Å². The first-order valence-corrected chi connectivity index (χ1v) is 9.32. The molecule has 0 aliphatic carbocycles. The summed E-state index contributed by atoms with van der Waals surface area (Å²) < 4.78 is 5.62. The van der Waals surface area contributed by atoms with Crippen LogP contribution in [0.25, 0.3) is 0 Å². The molecule has 1 heterocycles. The Morgan fingerprint density at radius 2 is 1.58 bits per heavy atom. The highest BCUT2D eigenvalue weighted by molar-refractivity contribution is 9.09. The van der Waals surface area contributed by atoms with Crippen molar-refractivity contribution in [2.45, 2.75) is 89.3 Å². The van der Waals surface area contributed by atoms with Crippen LogP contribution >= 0.6 is 15.9 Å². The van der Waals surface area contributed by atoms with Gasteiger partial charge in [0.25, 0.3) is 0 Å². The van der Waals surface area contributed by atoms with E-state index in [-0.39, 0.29) is 12.2 Å². The molecule has 19 heavy (non-hydrogen) atoms. The summed E-state index contributed by atoms with van der Waals surface area (Å²) in [6, 6.07) is 0. The Hall–Kier alpha value is 0.400. The van der Waals surface area contributed by atoms with Crippen LogP contribution in [0.1, 0.15) is 77.0 Å². The highest BCUT2D eigenvalue weighted by Gasteiger charge is 2.21. The van der Waals surface area contributed by atoms with Crippen LogP contribution in [0.4, 0.5) is 0 Å². The normalized spacial score (nSPS) is 21.5. The van der Waals surface area contributed by atoms with Crippen molar-refractivity contribution in [3.63, 3.8) is 0 Å². The van der Waals surface area contributed by atoms with Gasteiger partial charge in [-0.3, -0.25) is 0 Å². The quantitative estimate of drug-likeness (QED) is 0.433. The molecule has 1 rings (SSSR count). The number of aliphatic hydroxyl groups excluding tert-OH is 1. The van der Waals surface area contributed by atoms with E-state index < -0.39 is 0 Å². The second kappa shape index (κ2) is 12.2. The molecule has 0 aromatic heterocycles. The summed E-state index contributed by atoms with van der Waals surface area (Å²) in [5, 5.41) is 11.2. The number of hydrogen-bond donors (Lipinski definition) is 1. The van der Waals surface area contributed by atoms with Gasteiger partial charge in [0.15, 0.2) is 0 Å². The lowest BCUT2D eigenvalue weighted by atomic mass is 9.99. The number of rotatable bonds is 11. The molecule has 1 N–H and O–H groups in total. The van der Waals surface area contributed by atoms with Crippen molar-refractivity contribution < 1.29 is 9.84 Å². The topological polar surface area (TPSA) is 29.5 Å². The molecule has 114 valence electrons. The highest BCUT2D eigenvalue weighted by atomic mass is 79.9. The zero-order chi connectivity index (χ0) is 13.8. The average molecular weight is 335 g/mol. The van der Waals surface area contributed by atoms with E-state index in [9.17, 15) is 5.11 Å². The minimum absolute atomic E-state index is 0.123. The molecule has 2 nitrogen and oxygen atoms in total. The monoisotopic (exact) mass is 334 g/mol. The molecule has 2 unspecified atom stereocenters. The van der Waals surface area contributed by atoms with Crippen LogP contribution in [0, 0.1) is 0 Å². The van der Waals surface area contributed by atoms with Gasteiger partial charge in [0.05, 0.1) is 12.2 Å². The van der Waals surface area contributed by atoms with Gasteiger partial charge < -0.3 is 9.84 Å². The fraction of sp³-hybridized carbons (Fsp3) is 1.00. The van der Waals surface area contributed by atoms with Crippen molar-refractivity contribution in [3.05, 3.63) is 0 Å². The molecular weight excluding hydrogens is 304 g/mol. The molecule has 1 fully saturated rings. The summed E-state index contributed by atoms with van der Waals surface area (Å²) in [6.07, 6.45) is 14.8. The fourth-order valence-electron chi connectivity index (χ4n) is 2.76. The lowest BCUT2D eigenvalue weighted by molar-refractivity contribution is -0.0648. The molecule has 0 saturated carbocycles. The van der Waals surface area contributed by atoms with E-state index >= 15 is 0 Å². The van der Waals surface area contributed by atoms with Crippen LogP contribution in [0.3, 0.4) is 0 Å². The largest absolute Gasteiger partial charge is 0.390 e. The molecular formula is C16H31BrO2. The SMILES string of the molecule is OC(CCCCCCCCCCBr)C1CCCCO1. The number of alkyl halides is 1. The van der Waals surface area contributed by atoms with Crippen LogP contribution in [0.5, 0.6) is 0 Å². The summed E-state index contributed by atoms with van der Waals surface area (Å²) in [7, 11) is 0. The van der Waals surface area contributed by atoms with Crippen molar-refractivity contribution in [2.75, 3.05) is 11.9 Å². The lowest BCUT2D eigenvalue weighted by Gasteiger charge is -2.27. The first-order valence-electron chi connectivity index (χ1n) is 8.20. The van der Waals surface area contributed by atoms with Gasteiger partial charge in [-0.25, -0.2) is 0 Å². The number of aliphatic hydroxyl groups is 1. The summed E-state index contributed by atoms with van der Waals surface area (Å²) in [4.78, 5) is 0. The standard InChI is InChI=1S/C16H31BrO2/c17-13-9-6-4-2-1-3-5-7-11-15(18)16-12-8-10-14-19-16/h15-16,18H,1-14H2. The molecule has 0 spiro atoms. The van der Waals surface area contributed by atoms with E-state index in [1.807, 2.05) is 0 Å². The van der Waals surface area contributed by atoms with Gasteiger partial charge in [-0.2, -0.15) is 0 Å². The van der Waals surface area contributed by atoms with Gasteiger partial charge in [0, 0.05) is 11.9 Å². The molecule has 0 amide bonds. The molecule has 3 heteroatoms. The molecule has 0 bridgehead atoms. The molecule has 0 aromatic rings. The Kier molecular flexibility index (Phi) is 11.2. The van der Waals surface area contributed by atoms with E-state index in [2.05, 4.69) is 15.9 Å². The average Bonchev–Trinajstić information content (AvgIpc) is 2.46. The minimum atomic E-state index is -0.223. The molecule has 1 aliphatic rings. The van der Waals surface area contributed by atoms with E-state index in [0.29, 0.717) is 0 Å². The third-order valence-corrected chi connectivity index (χ3v) is 4.59. The van der Waals surface area contributed by atoms with Crippen molar-refractivity contribution in [1.29, 1.82) is 0 Å². The van der Waals surface area contributed by atoms with Gasteiger partial charge in [-0.05, 0) is 32.1 Å². The summed E-state index contributed by atoms with van der Waals surface area (Å²) >= 11 is 3.47. The van der Waals surface area contributed by atoms with Gasteiger partial charge >= 0.3 is 0 Å². The van der Waals surface area contributed by atoms with Crippen LogP contribution in [0.15, 0.2) is 0 Å². The second-order valence-electron chi connectivity index (χ2n) is 5.78. The number of halogens is 1. The molecule has 1 aliphatic heterocycles. The van der Waals surface area contributed by atoms with Gasteiger partial charge in [0.2, 0.25) is 0 Å². The number of unbranched alkanes of at least 4 members (excludes halogenated alkanes) is 7. The van der Waals surface area contributed by atoms with Gasteiger partial charge in [0.1, 0.15) is 0 Å². The summed E-state index contributed by atoms with van der Waals surface area (Å²) in [5.41, 5.74) is 0. The molecule has 2 atom stereocenters. The van der Waals surface area contributed by atoms with E-state index in [1.165, 1.54) is 51.4 Å². The number of hydrogen-bond acceptors (Lipinski definition) is 2. The van der Waals surface area contributed by atoms with Crippen molar-refractivity contribution >= 4 is 15.9 Å². The second-order valence-corrected chi connectivity index (χ2v) is 6.57. The van der Waals surface area contributed by atoms with Crippen LogP contribution in [0.2, 0.25) is 0 Å². The van der Waals surface area contributed by atoms with Crippen LogP contribution in [-0.4, -0.2) is 29.3 Å². The highest BCUT2D eigenvalue weighted by Crippen LogP contribution is 2.19. The Labute approximate surface area is 127 Å². The minimum Gasteiger partial charge on any atom is -0.390 e. The smallest absolute Gasteiger partial charge is 0.0833 e. The maximum absolute atomic E-state index is 10.0. The van der Waals surface area contributed by atoms with E-state index in [4.69, 9.17) is 4.74 Å². The number of ether oxygens (including phenoxy) is 1. The zero-order valence-corrected chi connectivity index (χ0v) is 13.9. The molecule has 0 aromatic carbocycles. The lowest BCUT2D eigenvalue weighted by Crippen LogP contribution is -2.32. The fourth-order valence-corrected chi connectivity index (χ4v) is 3.16. The summed E-state index contributed by atoms with van der Waals surface area (Å²) in [5.74, 6) is 0. The van der Waals surface area contributed by atoms with Crippen LogP contribution < -0.4 is 0 Å². The van der Waals surface area contributed by atoms with Crippen molar-refractivity contribution in [3.8, 4) is 0 Å². The first kappa shape index (κ1) is 17.5. The van der Waals surface area contributed by atoms with Crippen molar-refractivity contribution in [2.24, 2.45) is 0 Å². The Morgan fingerprint density at radius 3 is 2.16 bits per heavy atom. The van der Waals surface area contributed by atoms with E-state index in [0.717, 1.165) is 37.6 Å². The first-order chi connectivity index (χ1) is 9.34.